The van der Waals surface area contributed by atoms with E-state index < -0.39 is 12.1 Å². The van der Waals surface area contributed by atoms with Gasteiger partial charge < -0.3 is 10.2 Å². The predicted molar refractivity (Wildman–Crippen MR) is 135 cm³/mol. The molecule has 2 fully saturated rings. The van der Waals surface area contributed by atoms with Gasteiger partial charge in [0.15, 0.2) is 0 Å². The van der Waals surface area contributed by atoms with Crippen molar-refractivity contribution in [3.63, 3.8) is 0 Å². The molecule has 4 rings (SSSR count). The van der Waals surface area contributed by atoms with Crippen molar-refractivity contribution in [3.8, 4) is 0 Å². The van der Waals surface area contributed by atoms with Crippen LogP contribution in [0.25, 0.3) is 0 Å². The van der Waals surface area contributed by atoms with Crippen molar-refractivity contribution in [1.82, 2.24) is 0 Å². The van der Waals surface area contributed by atoms with E-state index in [1.165, 1.54) is 0 Å². The van der Waals surface area contributed by atoms with Crippen LogP contribution in [0.5, 0.6) is 0 Å². The van der Waals surface area contributed by atoms with Crippen LogP contribution in [0.15, 0.2) is 22.8 Å². The SMILES string of the molecule is C/C(=C\CC(O)[C@@H](C)[C@H]1CC[C@@]2(C)C3=C(CC[C@]12C)[C@@]1(C)CCC(=O)C(C)(C)C1CC3)C(=O)O. The van der Waals surface area contributed by atoms with E-state index in [0.717, 1.165) is 44.9 Å². The molecule has 0 amide bonds. The molecule has 0 aliphatic heterocycles. The molecule has 0 saturated heterocycles. The number of rotatable bonds is 5. The van der Waals surface area contributed by atoms with Crippen LogP contribution in [-0.2, 0) is 9.59 Å². The van der Waals surface area contributed by atoms with Crippen LogP contribution < -0.4 is 0 Å². The van der Waals surface area contributed by atoms with E-state index in [2.05, 4.69) is 41.5 Å². The fraction of sp³-hybridized carbons (Fsp3) is 0.800. The van der Waals surface area contributed by atoms with Gasteiger partial charge in [-0.3, -0.25) is 4.79 Å². The Labute approximate surface area is 206 Å². The summed E-state index contributed by atoms with van der Waals surface area (Å²) in [6.07, 6.45) is 10.0. The molecular weight excluding hydrogens is 424 g/mol. The van der Waals surface area contributed by atoms with Gasteiger partial charge in [-0.05, 0) is 92.3 Å². The minimum atomic E-state index is -0.913. The molecule has 0 aromatic carbocycles. The Morgan fingerprint density at radius 3 is 2.35 bits per heavy atom. The molecule has 0 spiro atoms. The largest absolute Gasteiger partial charge is 0.478 e. The van der Waals surface area contributed by atoms with Crippen LogP contribution in [-0.4, -0.2) is 28.1 Å². The molecule has 0 heterocycles. The summed E-state index contributed by atoms with van der Waals surface area (Å²) in [6, 6.07) is 0. The quantitative estimate of drug-likeness (QED) is 0.345. The molecule has 4 heteroatoms. The highest BCUT2D eigenvalue weighted by atomic mass is 16.4. The summed E-state index contributed by atoms with van der Waals surface area (Å²) in [5, 5.41) is 20.2. The fourth-order valence-electron chi connectivity index (χ4n) is 9.24. The molecule has 0 aromatic rings. The van der Waals surface area contributed by atoms with E-state index in [9.17, 15) is 14.7 Å². The van der Waals surface area contributed by atoms with Crippen molar-refractivity contribution >= 4 is 11.8 Å². The van der Waals surface area contributed by atoms with Gasteiger partial charge in [0.25, 0.3) is 0 Å². The van der Waals surface area contributed by atoms with Crippen LogP contribution >= 0.6 is 0 Å². The molecule has 2 N–H and O–H groups in total. The van der Waals surface area contributed by atoms with Crippen molar-refractivity contribution in [1.29, 1.82) is 0 Å². The maximum absolute atomic E-state index is 12.8. The molecular formula is C30H46O4. The second-order valence-electron chi connectivity index (χ2n) is 13.4. The maximum Gasteiger partial charge on any atom is 0.330 e. The third kappa shape index (κ3) is 3.49. The summed E-state index contributed by atoms with van der Waals surface area (Å²) < 4.78 is 0. The van der Waals surface area contributed by atoms with Crippen LogP contribution in [0.1, 0.15) is 106 Å². The van der Waals surface area contributed by atoms with E-state index in [-0.39, 0.29) is 27.6 Å². The van der Waals surface area contributed by atoms with E-state index >= 15 is 0 Å². The molecule has 4 aliphatic carbocycles. The number of aliphatic hydroxyl groups is 1. The van der Waals surface area contributed by atoms with Crippen molar-refractivity contribution < 1.29 is 19.8 Å². The van der Waals surface area contributed by atoms with Crippen LogP contribution in [0, 0.1) is 39.4 Å². The van der Waals surface area contributed by atoms with E-state index in [0.29, 0.717) is 36.0 Å². The Morgan fingerprint density at radius 1 is 1.03 bits per heavy atom. The van der Waals surface area contributed by atoms with Crippen molar-refractivity contribution in [2.45, 2.75) is 112 Å². The summed E-state index contributed by atoms with van der Waals surface area (Å²) in [5.41, 5.74) is 3.87. The number of aliphatic hydroxyl groups excluding tert-OH is 1. The van der Waals surface area contributed by atoms with Crippen LogP contribution in [0.2, 0.25) is 0 Å². The second kappa shape index (κ2) is 8.32. The zero-order valence-electron chi connectivity index (χ0n) is 22.5. The third-order valence-electron chi connectivity index (χ3n) is 11.8. The van der Waals surface area contributed by atoms with Crippen molar-refractivity contribution in [2.24, 2.45) is 39.4 Å². The lowest BCUT2D eigenvalue weighted by Crippen LogP contribution is -2.54. The number of ketones is 1. The lowest BCUT2D eigenvalue weighted by Gasteiger charge is -2.61. The van der Waals surface area contributed by atoms with Crippen molar-refractivity contribution in [2.75, 3.05) is 0 Å². The smallest absolute Gasteiger partial charge is 0.330 e. The number of aliphatic carboxylic acids is 1. The monoisotopic (exact) mass is 470 g/mol. The predicted octanol–water partition coefficient (Wildman–Crippen LogP) is 6.72. The van der Waals surface area contributed by atoms with E-state index in [4.69, 9.17) is 5.11 Å². The van der Waals surface area contributed by atoms with Gasteiger partial charge in [-0.2, -0.15) is 0 Å². The molecule has 0 aromatic heterocycles. The van der Waals surface area contributed by atoms with Gasteiger partial charge in [0, 0.05) is 17.4 Å². The van der Waals surface area contributed by atoms with Gasteiger partial charge >= 0.3 is 5.97 Å². The van der Waals surface area contributed by atoms with Gasteiger partial charge in [-0.15, -0.1) is 0 Å². The van der Waals surface area contributed by atoms with Gasteiger partial charge in [-0.25, -0.2) is 4.79 Å². The average Bonchev–Trinajstić information content (AvgIpc) is 3.05. The molecule has 34 heavy (non-hydrogen) atoms. The molecule has 7 atom stereocenters. The number of carboxylic acid groups (broad SMARTS) is 1. The average molecular weight is 471 g/mol. The first-order valence-electron chi connectivity index (χ1n) is 13.5. The topological polar surface area (TPSA) is 74.6 Å². The highest BCUT2D eigenvalue weighted by molar-refractivity contribution is 5.86. The number of Topliss-reactive ketones (excluding diaryl/α,β-unsaturated/α-hetero) is 1. The normalized spacial score (nSPS) is 41.4. The first-order valence-corrected chi connectivity index (χ1v) is 13.5. The summed E-state index contributed by atoms with van der Waals surface area (Å²) in [6.45, 7) is 15.6. The Kier molecular flexibility index (Phi) is 6.28. The Morgan fingerprint density at radius 2 is 1.71 bits per heavy atom. The lowest BCUT2D eigenvalue weighted by molar-refractivity contribution is -0.139. The molecule has 4 nitrogen and oxygen atoms in total. The first kappa shape index (κ1) is 25.7. The number of carboxylic acids is 1. The van der Waals surface area contributed by atoms with Crippen molar-refractivity contribution in [3.05, 3.63) is 22.8 Å². The minimum Gasteiger partial charge on any atom is -0.478 e. The zero-order valence-corrected chi connectivity index (χ0v) is 22.5. The highest BCUT2D eigenvalue weighted by Gasteiger charge is 2.63. The molecule has 2 saturated carbocycles. The van der Waals surface area contributed by atoms with Gasteiger partial charge in [0.2, 0.25) is 0 Å². The van der Waals surface area contributed by atoms with Crippen LogP contribution in [0.3, 0.4) is 0 Å². The van der Waals surface area contributed by atoms with Crippen LogP contribution in [0.4, 0.5) is 0 Å². The van der Waals surface area contributed by atoms with Gasteiger partial charge in [0.05, 0.1) is 6.10 Å². The molecule has 190 valence electrons. The zero-order chi connectivity index (χ0) is 25.3. The molecule has 2 unspecified atom stereocenters. The number of carbonyl (C=O) groups excluding carboxylic acids is 1. The number of hydrogen-bond donors (Lipinski definition) is 2. The third-order valence-corrected chi connectivity index (χ3v) is 11.8. The van der Waals surface area contributed by atoms with Gasteiger partial charge in [-0.1, -0.05) is 58.8 Å². The number of allylic oxidation sites excluding steroid dienone is 2. The fourth-order valence-corrected chi connectivity index (χ4v) is 9.24. The van der Waals surface area contributed by atoms with E-state index in [1.54, 1.807) is 24.1 Å². The number of hydrogen-bond acceptors (Lipinski definition) is 3. The standard InChI is InChI=1S/C30H46O4/c1-18(26(33)34)8-10-23(31)19(2)20-12-16-30(7)22-9-11-24-27(3,4)25(32)14-15-28(24,5)21(22)13-17-29(20,30)6/h8,19-20,23-24,31H,9-17H2,1-7H3,(H,33,34)/b18-8+/t19-,20+,23?,24?,28+,29+,30-/m0/s1. The summed E-state index contributed by atoms with van der Waals surface area (Å²) in [7, 11) is 0. The first-order chi connectivity index (χ1) is 15.7. The molecule has 0 bridgehead atoms. The molecule has 4 aliphatic rings. The molecule has 0 radical (unpaired) electrons. The summed E-state index contributed by atoms with van der Waals surface area (Å²) >= 11 is 0. The summed E-state index contributed by atoms with van der Waals surface area (Å²) in [5.74, 6) is 0.528. The Hall–Kier alpha value is -1.42. The Balaban J connectivity index is 1.63. The minimum absolute atomic E-state index is 0.130. The highest BCUT2D eigenvalue weighted by Crippen LogP contribution is 2.72. The number of fused-ring (bicyclic) bond motifs is 4. The lowest BCUT2D eigenvalue weighted by atomic mass is 9.43. The van der Waals surface area contributed by atoms with Gasteiger partial charge in [0.1, 0.15) is 5.78 Å². The Bertz CT molecular complexity index is 941. The maximum atomic E-state index is 12.8. The summed E-state index contributed by atoms with van der Waals surface area (Å²) in [4.78, 5) is 24.0. The number of carbonyl (C=O) groups is 2. The second-order valence-corrected chi connectivity index (χ2v) is 13.4. The van der Waals surface area contributed by atoms with E-state index in [1.807, 2.05) is 0 Å².